The normalized spacial score (nSPS) is 19.9. The van der Waals surface area contributed by atoms with Crippen LogP contribution in [0.15, 0.2) is 29.3 Å². The third-order valence-electron chi connectivity index (χ3n) is 4.91. The lowest BCUT2D eigenvalue weighted by Crippen LogP contribution is -2.53. The fourth-order valence-corrected chi connectivity index (χ4v) is 3.51. The van der Waals surface area contributed by atoms with Crippen molar-refractivity contribution in [3.8, 4) is 0 Å². The number of hydrogen-bond donors (Lipinski definition) is 2. The number of nitrogens with zero attached hydrogens (tertiary/aromatic N) is 3. The van der Waals surface area contributed by atoms with E-state index in [1.807, 2.05) is 18.2 Å². The highest BCUT2D eigenvalue weighted by Gasteiger charge is 2.34. The summed E-state index contributed by atoms with van der Waals surface area (Å²) in [6.45, 7) is 7.04. The average Bonchev–Trinajstić information content (AvgIpc) is 2.58. The Labute approximate surface area is 172 Å². The second-order valence-electron chi connectivity index (χ2n) is 6.67. The first kappa shape index (κ1) is 20.6. The highest BCUT2D eigenvalue weighted by atomic mass is 127. The molecule has 2 fully saturated rings. The molecule has 1 aromatic rings. The Balaban J connectivity index is 0.00000225. The van der Waals surface area contributed by atoms with Crippen LogP contribution in [0.3, 0.4) is 0 Å². The third-order valence-corrected chi connectivity index (χ3v) is 5.23. The molecule has 0 radical (unpaired) electrons. The number of piperazine rings is 1. The molecule has 0 unspecified atom stereocenters. The lowest BCUT2D eigenvalue weighted by atomic mass is 9.80. The topological polar surface area (TPSA) is 51.1 Å². The van der Waals surface area contributed by atoms with Crippen molar-refractivity contribution >= 4 is 47.2 Å². The molecule has 5 nitrogen and oxygen atoms in total. The molecule has 0 spiro atoms. The maximum atomic E-state index is 10.3. The minimum atomic E-state index is -0.569. The maximum Gasteiger partial charge on any atom is 0.194 e. The van der Waals surface area contributed by atoms with Gasteiger partial charge in [0.25, 0.3) is 0 Å². The van der Waals surface area contributed by atoms with E-state index in [1.54, 1.807) is 0 Å². The van der Waals surface area contributed by atoms with Crippen LogP contribution in [0.4, 0.5) is 5.69 Å². The Hall–Kier alpha value is -0.730. The molecule has 7 heteroatoms. The van der Waals surface area contributed by atoms with E-state index in [4.69, 9.17) is 11.6 Å². The summed E-state index contributed by atoms with van der Waals surface area (Å²) >= 11 is 6.31. The molecule has 2 N–H and O–H groups in total. The van der Waals surface area contributed by atoms with Gasteiger partial charge < -0.3 is 20.2 Å². The van der Waals surface area contributed by atoms with Crippen LogP contribution in [0.2, 0.25) is 5.02 Å². The zero-order valence-electron chi connectivity index (χ0n) is 14.7. The summed E-state index contributed by atoms with van der Waals surface area (Å²) < 4.78 is 0. The van der Waals surface area contributed by atoms with Gasteiger partial charge in [0.1, 0.15) is 0 Å². The van der Waals surface area contributed by atoms with E-state index >= 15 is 0 Å². The fourth-order valence-electron chi connectivity index (χ4n) is 3.26. The molecule has 3 rings (SSSR count). The predicted molar refractivity (Wildman–Crippen MR) is 115 cm³/mol. The molecule has 0 amide bonds. The fraction of sp³-hybridized carbons (Fsp3) is 0.611. The molecule has 1 aliphatic heterocycles. The summed E-state index contributed by atoms with van der Waals surface area (Å²) in [7, 11) is 0. The molecule has 1 aliphatic carbocycles. The molecule has 1 aromatic carbocycles. The number of guanidine groups is 1. The largest absolute Gasteiger partial charge is 0.388 e. The van der Waals surface area contributed by atoms with Crippen molar-refractivity contribution in [3.63, 3.8) is 0 Å². The van der Waals surface area contributed by atoms with Crippen LogP contribution >= 0.6 is 35.6 Å². The molecule has 1 heterocycles. The molecule has 0 atom stereocenters. The summed E-state index contributed by atoms with van der Waals surface area (Å²) in [5.74, 6) is 0.914. The van der Waals surface area contributed by atoms with Crippen LogP contribution in [0, 0.1) is 0 Å². The average molecular weight is 479 g/mol. The number of aliphatic hydroxyl groups is 1. The minimum Gasteiger partial charge on any atom is -0.388 e. The molecular weight excluding hydrogens is 451 g/mol. The third kappa shape index (κ3) is 5.14. The van der Waals surface area contributed by atoms with Gasteiger partial charge in [0.2, 0.25) is 0 Å². The van der Waals surface area contributed by atoms with Gasteiger partial charge in [-0.05, 0) is 38.3 Å². The van der Waals surface area contributed by atoms with Crippen LogP contribution < -0.4 is 10.2 Å². The van der Waals surface area contributed by atoms with Crippen molar-refractivity contribution in [2.75, 3.05) is 44.2 Å². The van der Waals surface area contributed by atoms with Crippen molar-refractivity contribution in [3.05, 3.63) is 29.3 Å². The minimum absolute atomic E-state index is 0. The molecule has 0 bridgehead atoms. The van der Waals surface area contributed by atoms with E-state index in [-0.39, 0.29) is 24.0 Å². The van der Waals surface area contributed by atoms with Crippen LogP contribution in [-0.2, 0) is 0 Å². The number of halogens is 2. The van der Waals surface area contributed by atoms with E-state index in [0.29, 0.717) is 6.54 Å². The lowest BCUT2D eigenvalue weighted by Gasteiger charge is -2.39. The molecular formula is C18H28ClIN4O. The van der Waals surface area contributed by atoms with Crippen molar-refractivity contribution in [2.24, 2.45) is 4.99 Å². The van der Waals surface area contributed by atoms with E-state index in [0.717, 1.165) is 68.7 Å². The zero-order valence-corrected chi connectivity index (χ0v) is 17.8. The van der Waals surface area contributed by atoms with Crippen LogP contribution in [0.25, 0.3) is 0 Å². The summed E-state index contributed by atoms with van der Waals surface area (Å²) in [6, 6.07) is 8.00. The number of para-hydroxylation sites is 1. The monoisotopic (exact) mass is 478 g/mol. The SMILES string of the molecule is CCNC(=NCC1(O)CCC1)N1CCN(c2ccccc2Cl)CC1.I. The van der Waals surface area contributed by atoms with Crippen molar-refractivity contribution in [1.82, 2.24) is 10.2 Å². The summed E-state index contributed by atoms with van der Waals surface area (Å²) in [6.07, 6.45) is 2.85. The molecule has 25 heavy (non-hydrogen) atoms. The van der Waals surface area contributed by atoms with Gasteiger partial charge in [-0.3, -0.25) is 4.99 Å². The molecule has 1 saturated carbocycles. The molecule has 140 valence electrons. The van der Waals surface area contributed by atoms with Crippen molar-refractivity contribution in [2.45, 2.75) is 31.8 Å². The molecule has 0 aromatic heterocycles. The van der Waals surface area contributed by atoms with Crippen LogP contribution in [-0.4, -0.2) is 60.8 Å². The smallest absolute Gasteiger partial charge is 0.194 e. The second kappa shape index (κ2) is 9.28. The van der Waals surface area contributed by atoms with Gasteiger partial charge in [-0.2, -0.15) is 0 Å². The van der Waals surface area contributed by atoms with Gasteiger partial charge >= 0.3 is 0 Å². The van der Waals surface area contributed by atoms with Gasteiger partial charge in [0, 0.05) is 32.7 Å². The van der Waals surface area contributed by atoms with Crippen LogP contribution in [0.1, 0.15) is 26.2 Å². The second-order valence-corrected chi connectivity index (χ2v) is 7.08. The predicted octanol–water partition coefficient (Wildman–Crippen LogP) is 2.96. The highest BCUT2D eigenvalue weighted by molar-refractivity contribution is 14.0. The maximum absolute atomic E-state index is 10.3. The first-order chi connectivity index (χ1) is 11.6. The number of benzene rings is 1. The van der Waals surface area contributed by atoms with E-state index in [1.165, 1.54) is 0 Å². The van der Waals surface area contributed by atoms with E-state index < -0.39 is 5.60 Å². The number of aliphatic imine (C=N–C) groups is 1. The first-order valence-electron chi connectivity index (χ1n) is 8.86. The summed E-state index contributed by atoms with van der Waals surface area (Å²) in [5.41, 5.74) is 0.532. The van der Waals surface area contributed by atoms with Crippen molar-refractivity contribution < 1.29 is 5.11 Å². The summed E-state index contributed by atoms with van der Waals surface area (Å²) in [4.78, 5) is 9.28. The van der Waals surface area contributed by atoms with Gasteiger partial charge in [0.15, 0.2) is 5.96 Å². The summed E-state index contributed by atoms with van der Waals surface area (Å²) in [5, 5.41) is 14.4. The van der Waals surface area contributed by atoms with E-state index in [2.05, 4.69) is 33.1 Å². The zero-order chi connectivity index (χ0) is 17.0. The Kier molecular flexibility index (Phi) is 7.64. The Bertz CT molecular complexity index is 586. The van der Waals surface area contributed by atoms with Crippen LogP contribution in [0.5, 0.6) is 0 Å². The Morgan fingerprint density at radius 1 is 1.24 bits per heavy atom. The van der Waals surface area contributed by atoms with E-state index in [9.17, 15) is 5.11 Å². The first-order valence-corrected chi connectivity index (χ1v) is 9.24. The van der Waals surface area contributed by atoms with Gasteiger partial charge in [-0.1, -0.05) is 23.7 Å². The number of anilines is 1. The van der Waals surface area contributed by atoms with Gasteiger partial charge in [-0.15, -0.1) is 24.0 Å². The standard InChI is InChI=1S/C18H27ClN4O.HI/c1-2-20-17(21-14-18(24)8-5-9-18)23-12-10-22(11-13-23)16-7-4-3-6-15(16)19;/h3-4,6-7,24H,2,5,8-14H2,1H3,(H,20,21);1H. The van der Waals surface area contributed by atoms with Gasteiger partial charge in [0.05, 0.1) is 22.9 Å². The quantitative estimate of drug-likeness (QED) is 0.397. The lowest BCUT2D eigenvalue weighted by molar-refractivity contribution is -0.0237. The molecule has 2 aliphatic rings. The van der Waals surface area contributed by atoms with Gasteiger partial charge in [-0.25, -0.2) is 0 Å². The molecule has 1 saturated heterocycles. The Morgan fingerprint density at radius 3 is 2.48 bits per heavy atom. The number of nitrogens with one attached hydrogen (secondary N) is 1. The van der Waals surface area contributed by atoms with Crippen molar-refractivity contribution in [1.29, 1.82) is 0 Å². The number of hydrogen-bond acceptors (Lipinski definition) is 3. The Morgan fingerprint density at radius 2 is 1.92 bits per heavy atom. The number of rotatable bonds is 4. The highest BCUT2D eigenvalue weighted by Crippen LogP contribution is 2.31.